The molecule has 0 saturated heterocycles. The predicted molar refractivity (Wildman–Crippen MR) is 92.9 cm³/mol. The van der Waals surface area contributed by atoms with Crippen LogP contribution in [-0.2, 0) is 0 Å². The van der Waals surface area contributed by atoms with Gasteiger partial charge in [0, 0.05) is 18.8 Å². The Labute approximate surface area is 130 Å². The highest BCUT2D eigenvalue weighted by Gasteiger charge is 2.37. The summed E-state index contributed by atoms with van der Waals surface area (Å²) in [4.78, 5) is 2.60. The third kappa shape index (κ3) is 3.42. The van der Waals surface area contributed by atoms with Crippen LogP contribution in [-0.4, -0.2) is 18.6 Å². The van der Waals surface area contributed by atoms with Crippen molar-refractivity contribution in [3.05, 3.63) is 29.8 Å². The average Bonchev–Trinajstić information content (AvgIpc) is 2.73. The molecular weight excluding hydrogens is 256 g/mol. The van der Waals surface area contributed by atoms with Gasteiger partial charge in [-0.2, -0.15) is 0 Å². The molecule has 2 nitrogen and oxygen atoms in total. The molecule has 0 radical (unpaired) electrons. The van der Waals surface area contributed by atoms with Crippen molar-refractivity contribution in [3.63, 3.8) is 0 Å². The van der Waals surface area contributed by atoms with E-state index >= 15 is 0 Å². The summed E-state index contributed by atoms with van der Waals surface area (Å²) < 4.78 is 0. The summed E-state index contributed by atoms with van der Waals surface area (Å²) in [7, 11) is 0. The van der Waals surface area contributed by atoms with Crippen molar-refractivity contribution >= 4 is 5.69 Å². The number of hydrogen-bond acceptors (Lipinski definition) is 2. The number of aryl methyl sites for hydroxylation is 1. The minimum atomic E-state index is 0.158. The first-order valence-electron chi connectivity index (χ1n) is 8.70. The van der Waals surface area contributed by atoms with Gasteiger partial charge in [-0.1, -0.05) is 44.4 Å². The lowest BCUT2D eigenvalue weighted by Gasteiger charge is -2.45. The molecular formula is C19H32N2. The molecule has 1 aromatic carbocycles. The molecule has 0 aliphatic heterocycles. The first kappa shape index (κ1) is 16.4. The van der Waals surface area contributed by atoms with Gasteiger partial charge >= 0.3 is 0 Å². The summed E-state index contributed by atoms with van der Waals surface area (Å²) in [5.41, 5.74) is 9.21. The van der Waals surface area contributed by atoms with E-state index < -0.39 is 0 Å². The molecule has 1 aliphatic rings. The summed E-state index contributed by atoms with van der Waals surface area (Å²) in [6.07, 6.45) is 7.82. The van der Waals surface area contributed by atoms with Crippen molar-refractivity contribution in [1.82, 2.24) is 0 Å². The van der Waals surface area contributed by atoms with E-state index in [0.717, 1.165) is 19.0 Å². The number of benzene rings is 1. The van der Waals surface area contributed by atoms with E-state index in [0.29, 0.717) is 0 Å². The van der Waals surface area contributed by atoms with Crippen LogP contribution in [0.15, 0.2) is 24.3 Å². The maximum absolute atomic E-state index is 6.32. The smallest absolute Gasteiger partial charge is 0.0524 e. The van der Waals surface area contributed by atoms with Crippen molar-refractivity contribution in [3.8, 4) is 0 Å². The Morgan fingerprint density at radius 3 is 2.57 bits per heavy atom. The number of anilines is 1. The standard InChI is InChI=1S/C19H32N2/c1-4-17-10-8-13-19(15-20,14-12-17)21(5-2)18-11-7-6-9-16(18)3/h6-7,9,11,17H,4-5,8,10,12-15,20H2,1-3H3. The maximum atomic E-state index is 6.32. The van der Waals surface area contributed by atoms with Crippen LogP contribution in [0.25, 0.3) is 0 Å². The van der Waals surface area contributed by atoms with Crippen LogP contribution in [0.5, 0.6) is 0 Å². The van der Waals surface area contributed by atoms with Gasteiger partial charge < -0.3 is 10.6 Å². The van der Waals surface area contributed by atoms with Crippen LogP contribution in [0.4, 0.5) is 5.69 Å². The molecule has 2 unspecified atom stereocenters. The van der Waals surface area contributed by atoms with E-state index in [1.54, 1.807) is 0 Å². The molecule has 118 valence electrons. The Kier molecular flexibility index (Phi) is 5.69. The lowest BCUT2D eigenvalue weighted by molar-refractivity contribution is 0.342. The normalized spacial score (nSPS) is 26.4. The van der Waals surface area contributed by atoms with E-state index in [2.05, 4.69) is 49.9 Å². The first-order valence-corrected chi connectivity index (χ1v) is 8.70. The molecule has 1 aliphatic carbocycles. The number of nitrogens with two attached hydrogens (primary N) is 1. The van der Waals surface area contributed by atoms with Gasteiger partial charge in [0.25, 0.3) is 0 Å². The Morgan fingerprint density at radius 1 is 1.19 bits per heavy atom. The summed E-state index contributed by atoms with van der Waals surface area (Å²) in [6.45, 7) is 8.63. The molecule has 0 bridgehead atoms. The highest BCUT2D eigenvalue weighted by atomic mass is 15.2. The number of rotatable bonds is 5. The van der Waals surface area contributed by atoms with Crippen LogP contribution in [0.3, 0.4) is 0 Å². The van der Waals surface area contributed by atoms with Crippen molar-refractivity contribution < 1.29 is 0 Å². The van der Waals surface area contributed by atoms with Crippen LogP contribution in [0.1, 0.15) is 57.9 Å². The first-order chi connectivity index (χ1) is 10.2. The Morgan fingerprint density at radius 2 is 1.95 bits per heavy atom. The zero-order valence-electron chi connectivity index (χ0n) is 14.1. The Hall–Kier alpha value is -1.02. The van der Waals surface area contributed by atoms with Gasteiger partial charge in [-0.3, -0.25) is 0 Å². The average molecular weight is 288 g/mol. The van der Waals surface area contributed by atoms with Crippen molar-refractivity contribution in [1.29, 1.82) is 0 Å². The van der Waals surface area contributed by atoms with Crippen molar-refractivity contribution in [2.75, 3.05) is 18.0 Å². The molecule has 2 rings (SSSR count). The zero-order valence-corrected chi connectivity index (χ0v) is 14.1. The van der Waals surface area contributed by atoms with Crippen LogP contribution >= 0.6 is 0 Å². The number of likely N-dealkylation sites (N-methyl/N-ethyl adjacent to an activating group) is 1. The van der Waals surface area contributed by atoms with Gasteiger partial charge in [0.15, 0.2) is 0 Å². The fraction of sp³-hybridized carbons (Fsp3) is 0.684. The molecule has 0 aromatic heterocycles. The highest BCUT2D eigenvalue weighted by molar-refractivity contribution is 5.55. The maximum Gasteiger partial charge on any atom is 0.0524 e. The van der Waals surface area contributed by atoms with E-state index in [1.807, 2.05) is 0 Å². The largest absolute Gasteiger partial charge is 0.365 e. The molecule has 1 aromatic rings. The van der Waals surface area contributed by atoms with E-state index in [4.69, 9.17) is 5.73 Å². The molecule has 21 heavy (non-hydrogen) atoms. The second kappa shape index (κ2) is 7.31. The number of nitrogens with zero attached hydrogens (tertiary/aromatic N) is 1. The SMILES string of the molecule is CCC1CCCC(CN)(N(CC)c2ccccc2C)CC1. The molecule has 0 spiro atoms. The Bertz CT molecular complexity index is 443. The lowest BCUT2D eigenvalue weighted by Crippen LogP contribution is -2.54. The fourth-order valence-electron chi connectivity index (χ4n) is 4.08. The molecule has 2 heteroatoms. The zero-order chi connectivity index (χ0) is 15.3. The van der Waals surface area contributed by atoms with Gasteiger partial charge in [-0.25, -0.2) is 0 Å². The van der Waals surface area contributed by atoms with Gasteiger partial charge in [0.1, 0.15) is 0 Å². The third-order valence-electron chi connectivity index (χ3n) is 5.52. The third-order valence-corrected chi connectivity index (χ3v) is 5.52. The van der Waals surface area contributed by atoms with Gasteiger partial charge in [0.2, 0.25) is 0 Å². The summed E-state index contributed by atoms with van der Waals surface area (Å²) >= 11 is 0. The molecule has 2 atom stereocenters. The number of para-hydroxylation sites is 1. The van der Waals surface area contributed by atoms with Gasteiger partial charge in [-0.15, -0.1) is 0 Å². The summed E-state index contributed by atoms with van der Waals surface area (Å²) in [5.74, 6) is 0.897. The monoisotopic (exact) mass is 288 g/mol. The lowest BCUT2D eigenvalue weighted by atomic mass is 9.86. The number of hydrogen-bond donors (Lipinski definition) is 1. The van der Waals surface area contributed by atoms with E-state index in [9.17, 15) is 0 Å². The predicted octanol–water partition coefficient (Wildman–Crippen LogP) is 4.51. The Balaban J connectivity index is 2.30. The molecule has 2 N–H and O–H groups in total. The molecule has 1 saturated carbocycles. The van der Waals surface area contributed by atoms with Crippen LogP contribution in [0, 0.1) is 12.8 Å². The quantitative estimate of drug-likeness (QED) is 0.808. The second-order valence-corrected chi connectivity index (χ2v) is 6.66. The molecule has 0 heterocycles. The highest BCUT2D eigenvalue weighted by Crippen LogP contribution is 2.38. The van der Waals surface area contributed by atoms with Crippen molar-refractivity contribution in [2.24, 2.45) is 11.7 Å². The minimum absolute atomic E-state index is 0.158. The molecule has 0 amide bonds. The van der Waals surface area contributed by atoms with Crippen LogP contribution in [0.2, 0.25) is 0 Å². The van der Waals surface area contributed by atoms with Gasteiger partial charge in [-0.05, 0) is 50.7 Å². The van der Waals surface area contributed by atoms with E-state index in [-0.39, 0.29) is 5.54 Å². The molecule has 1 fully saturated rings. The topological polar surface area (TPSA) is 29.3 Å². The van der Waals surface area contributed by atoms with Crippen molar-refractivity contribution in [2.45, 2.75) is 64.8 Å². The summed E-state index contributed by atoms with van der Waals surface area (Å²) in [6, 6.07) is 8.76. The second-order valence-electron chi connectivity index (χ2n) is 6.66. The van der Waals surface area contributed by atoms with Gasteiger partial charge in [0.05, 0.1) is 5.54 Å². The fourth-order valence-corrected chi connectivity index (χ4v) is 4.08. The van der Waals surface area contributed by atoms with Crippen LogP contribution < -0.4 is 10.6 Å². The summed E-state index contributed by atoms with van der Waals surface area (Å²) in [5, 5.41) is 0. The van der Waals surface area contributed by atoms with E-state index in [1.165, 1.54) is 49.8 Å². The minimum Gasteiger partial charge on any atom is -0.365 e.